The number of aromatic amines is 1. The van der Waals surface area contributed by atoms with E-state index in [4.69, 9.17) is 10.5 Å². The lowest BCUT2D eigenvalue weighted by Gasteiger charge is -2.28. The Hall–Kier alpha value is -3.20. The van der Waals surface area contributed by atoms with E-state index in [1.165, 1.54) is 12.1 Å². The minimum Gasteiger partial charge on any atom is -0.508 e. The Morgan fingerprint density at radius 2 is 2.04 bits per heavy atom. The van der Waals surface area contributed by atoms with E-state index in [1.807, 2.05) is 0 Å². The van der Waals surface area contributed by atoms with Crippen molar-refractivity contribution in [3.63, 3.8) is 0 Å². The van der Waals surface area contributed by atoms with Crippen LogP contribution < -0.4 is 11.4 Å². The predicted octanol–water partition coefficient (Wildman–Crippen LogP) is 1.72. The van der Waals surface area contributed by atoms with Gasteiger partial charge in [-0.2, -0.15) is 0 Å². The fourth-order valence-electron chi connectivity index (χ4n) is 3.83. The Kier molecular flexibility index (Phi) is 4.60. The van der Waals surface area contributed by atoms with Gasteiger partial charge in [0.1, 0.15) is 11.3 Å². The number of aromatic nitrogens is 4. The number of ether oxygens (including phenoxy) is 1. The van der Waals surface area contributed by atoms with Gasteiger partial charge >= 0.3 is 5.69 Å². The summed E-state index contributed by atoms with van der Waals surface area (Å²) in [7, 11) is 1.69. The monoisotopic (exact) mass is 383 g/mol. The normalized spacial score (nSPS) is 19.8. The largest absolute Gasteiger partial charge is 0.508 e. The molecule has 1 saturated carbocycles. The van der Waals surface area contributed by atoms with Crippen molar-refractivity contribution in [3.05, 3.63) is 40.4 Å². The van der Waals surface area contributed by atoms with Crippen molar-refractivity contribution in [2.75, 3.05) is 7.11 Å². The van der Waals surface area contributed by atoms with E-state index in [1.54, 1.807) is 23.8 Å². The van der Waals surface area contributed by atoms with Crippen molar-refractivity contribution in [2.24, 2.45) is 5.73 Å². The minimum atomic E-state index is -0.759. The summed E-state index contributed by atoms with van der Waals surface area (Å²) in [6, 6.07) is 6.32. The van der Waals surface area contributed by atoms with E-state index in [0.29, 0.717) is 11.2 Å². The maximum atomic E-state index is 12.7. The molecule has 0 spiro atoms. The summed E-state index contributed by atoms with van der Waals surface area (Å²) in [5.41, 5.74) is 6.20. The number of imidazole rings is 1. The molecule has 1 fully saturated rings. The number of hydrogen-bond acceptors (Lipinski definition) is 6. The lowest BCUT2D eigenvalue weighted by atomic mass is 9.93. The fraction of sp³-hybridized carbons (Fsp3) is 0.368. The van der Waals surface area contributed by atoms with Crippen LogP contribution in [0.15, 0.2) is 29.1 Å². The molecule has 0 unspecified atom stereocenters. The molecule has 0 atom stereocenters. The van der Waals surface area contributed by atoms with Crippen LogP contribution in [0, 0.1) is 0 Å². The van der Waals surface area contributed by atoms with Crippen LogP contribution in [-0.2, 0) is 4.74 Å². The molecule has 9 heteroatoms. The molecule has 3 aromatic rings. The summed E-state index contributed by atoms with van der Waals surface area (Å²) in [5, 5.41) is 9.76. The first-order valence-electron chi connectivity index (χ1n) is 9.12. The second-order valence-corrected chi connectivity index (χ2v) is 6.98. The lowest BCUT2D eigenvalue weighted by Crippen LogP contribution is -2.28. The van der Waals surface area contributed by atoms with Gasteiger partial charge in [0.05, 0.1) is 6.10 Å². The maximum absolute atomic E-state index is 12.7. The Balaban J connectivity index is 1.88. The van der Waals surface area contributed by atoms with Crippen LogP contribution in [0.25, 0.3) is 22.6 Å². The molecule has 0 saturated heterocycles. The minimum absolute atomic E-state index is 0.0474. The summed E-state index contributed by atoms with van der Waals surface area (Å²) in [4.78, 5) is 36.1. The highest BCUT2D eigenvalue weighted by atomic mass is 16.5. The van der Waals surface area contributed by atoms with Crippen LogP contribution in [0.5, 0.6) is 5.75 Å². The first-order chi connectivity index (χ1) is 13.5. The summed E-state index contributed by atoms with van der Waals surface area (Å²) in [5.74, 6) is -0.494. The molecule has 146 valence electrons. The van der Waals surface area contributed by atoms with Gasteiger partial charge in [-0.25, -0.2) is 14.8 Å². The number of primary amides is 1. The quantitative estimate of drug-likeness (QED) is 0.627. The van der Waals surface area contributed by atoms with Crippen LogP contribution in [0.4, 0.5) is 0 Å². The SMILES string of the molecule is COC1CCC(n2c(=O)[nH]c3c(C(N)=O)nc(-c4cccc(O)c4)nc32)CC1. The lowest BCUT2D eigenvalue weighted by molar-refractivity contribution is 0.0585. The molecular weight excluding hydrogens is 362 g/mol. The number of nitrogens with one attached hydrogen (secondary N) is 1. The van der Waals surface area contributed by atoms with Gasteiger partial charge in [-0.05, 0) is 37.8 Å². The van der Waals surface area contributed by atoms with Gasteiger partial charge in [0.2, 0.25) is 0 Å². The number of benzene rings is 1. The molecule has 1 aromatic carbocycles. The average Bonchev–Trinajstić information content (AvgIpc) is 3.02. The molecule has 1 amide bonds. The van der Waals surface area contributed by atoms with E-state index >= 15 is 0 Å². The van der Waals surface area contributed by atoms with E-state index in [2.05, 4.69) is 15.0 Å². The Morgan fingerprint density at radius 1 is 1.29 bits per heavy atom. The molecule has 0 aliphatic heterocycles. The molecule has 2 aromatic heterocycles. The Morgan fingerprint density at radius 3 is 2.68 bits per heavy atom. The highest BCUT2D eigenvalue weighted by molar-refractivity contribution is 6.01. The highest BCUT2D eigenvalue weighted by Crippen LogP contribution is 2.31. The summed E-state index contributed by atoms with van der Waals surface area (Å²) in [6.45, 7) is 0. The summed E-state index contributed by atoms with van der Waals surface area (Å²) < 4.78 is 6.99. The first kappa shape index (κ1) is 18.2. The zero-order chi connectivity index (χ0) is 19.8. The number of nitrogens with zero attached hydrogens (tertiary/aromatic N) is 3. The number of amides is 1. The standard InChI is InChI=1S/C19H21N5O4/c1-28-13-7-5-11(6-8-13)24-18-15(22-19(24)27)14(16(20)26)21-17(23-18)10-3-2-4-12(25)9-10/h2-4,9,11,13,25H,5-8H2,1H3,(H2,20,26)(H,22,27). The van der Waals surface area contributed by atoms with Gasteiger partial charge in [0.15, 0.2) is 17.2 Å². The maximum Gasteiger partial charge on any atom is 0.327 e. The van der Waals surface area contributed by atoms with Crippen molar-refractivity contribution in [1.29, 1.82) is 0 Å². The van der Waals surface area contributed by atoms with Crippen molar-refractivity contribution >= 4 is 17.1 Å². The third kappa shape index (κ3) is 3.13. The zero-order valence-corrected chi connectivity index (χ0v) is 15.4. The summed E-state index contributed by atoms with van der Waals surface area (Å²) in [6.07, 6.45) is 3.41. The number of nitrogens with two attached hydrogens (primary N) is 1. The average molecular weight is 383 g/mol. The van der Waals surface area contributed by atoms with Gasteiger partial charge < -0.3 is 20.6 Å². The number of phenolic OH excluding ortho intramolecular Hbond substituents is 1. The smallest absolute Gasteiger partial charge is 0.327 e. The third-order valence-electron chi connectivity index (χ3n) is 5.25. The molecule has 2 heterocycles. The first-order valence-corrected chi connectivity index (χ1v) is 9.12. The van der Waals surface area contributed by atoms with Crippen LogP contribution in [0.1, 0.15) is 42.2 Å². The number of hydrogen-bond donors (Lipinski definition) is 3. The highest BCUT2D eigenvalue weighted by Gasteiger charge is 2.27. The van der Waals surface area contributed by atoms with Crippen LogP contribution in [-0.4, -0.2) is 43.7 Å². The van der Waals surface area contributed by atoms with Crippen LogP contribution in [0.3, 0.4) is 0 Å². The van der Waals surface area contributed by atoms with Crippen molar-refractivity contribution < 1.29 is 14.6 Å². The van der Waals surface area contributed by atoms with Gasteiger partial charge in [-0.15, -0.1) is 0 Å². The Bertz CT molecular complexity index is 1100. The number of carbonyl (C=O) groups is 1. The number of methoxy groups -OCH3 is 1. The van der Waals surface area contributed by atoms with E-state index in [0.717, 1.165) is 25.7 Å². The molecule has 4 rings (SSSR count). The number of fused-ring (bicyclic) bond motifs is 1. The molecule has 0 radical (unpaired) electrons. The second-order valence-electron chi connectivity index (χ2n) is 6.98. The molecule has 1 aliphatic carbocycles. The molecule has 28 heavy (non-hydrogen) atoms. The number of carbonyl (C=O) groups excluding carboxylic acids is 1. The molecular formula is C19H21N5O4. The number of rotatable bonds is 4. The van der Waals surface area contributed by atoms with Gasteiger partial charge in [0.25, 0.3) is 5.91 Å². The number of H-pyrrole nitrogens is 1. The molecule has 9 nitrogen and oxygen atoms in total. The fourth-order valence-corrected chi connectivity index (χ4v) is 3.83. The van der Waals surface area contributed by atoms with Crippen LogP contribution in [0.2, 0.25) is 0 Å². The van der Waals surface area contributed by atoms with Crippen molar-refractivity contribution in [3.8, 4) is 17.1 Å². The second kappa shape index (κ2) is 7.08. The zero-order valence-electron chi connectivity index (χ0n) is 15.4. The third-order valence-corrected chi connectivity index (χ3v) is 5.25. The number of aromatic hydroxyl groups is 1. The van der Waals surface area contributed by atoms with Crippen molar-refractivity contribution in [1.82, 2.24) is 19.5 Å². The summed E-state index contributed by atoms with van der Waals surface area (Å²) >= 11 is 0. The molecule has 4 N–H and O–H groups in total. The predicted molar refractivity (Wildman–Crippen MR) is 102 cm³/mol. The Labute approximate surface area is 160 Å². The van der Waals surface area contributed by atoms with Gasteiger partial charge in [-0.3, -0.25) is 9.36 Å². The number of phenols is 1. The van der Waals surface area contributed by atoms with E-state index < -0.39 is 5.91 Å². The molecule has 1 aliphatic rings. The van der Waals surface area contributed by atoms with Crippen molar-refractivity contribution in [2.45, 2.75) is 37.8 Å². The van der Waals surface area contributed by atoms with Gasteiger partial charge in [-0.1, -0.05) is 12.1 Å². The van der Waals surface area contributed by atoms with Gasteiger partial charge in [0, 0.05) is 18.7 Å². The van der Waals surface area contributed by atoms with E-state index in [-0.39, 0.29) is 40.6 Å². The van der Waals surface area contributed by atoms with Crippen LogP contribution >= 0.6 is 0 Å². The van der Waals surface area contributed by atoms with E-state index in [9.17, 15) is 14.7 Å². The molecule has 0 bridgehead atoms. The topological polar surface area (TPSA) is 136 Å².